The van der Waals surface area contributed by atoms with E-state index in [1.807, 2.05) is 34.9 Å². The van der Waals surface area contributed by atoms with Crippen LogP contribution in [0.1, 0.15) is 5.56 Å². The zero-order chi connectivity index (χ0) is 13.4. The fourth-order valence-corrected chi connectivity index (χ4v) is 2.69. The van der Waals surface area contributed by atoms with E-state index in [-0.39, 0.29) is 0 Å². The molecule has 0 bridgehead atoms. The van der Waals surface area contributed by atoms with Crippen LogP contribution in [0.15, 0.2) is 47.2 Å². The second-order valence-corrected chi connectivity index (χ2v) is 5.17. The number of hydrogen-bond acceptors (Lipinski definition) is 2. The van der Waals surface area contributed by atoms with Crippen LogP contribution < -0.4 is 4.74 Å². The Balaban J connectivity index is 2.21. The van der Waals surface area contributed by atoms with E-state index in [2.05, 4.69) is 40.0 Å². The summed E-state index contributed by atoms with van der Waals surface area (Å²) in [7, 11) is 1.67. The van der Waals surface area contributed by atoms with Crippen LogP contribution in [0, 0.1) is 6.92 Å². The highest BCUT2D eigenvalue weighted by molar-refractivity contribution is 9.10. The summed E-state index contributed by atoms with van der Waals surface area (Å²) in [4.78, 5) is 4.68. The van der Waals surface area contributed by atoms with Gasteiger partial charge < -0.3 is 4.74 Å². The van der Waals surface area contributed by atoms with Crippen LogP contribution in [-0.4, -0.2) is 16.5 Å². The molecular weight excluding hydrogens is 304 g/mol. The van der Waals surface area contributed by atoms with E-state index in [0.717, 1.165) is 27.3 Å². The number of hydrogen-bond donors (Lipinski definition) is 0. The van der Waals surface area contributed by atoms with Crippen molar-refractivity contribution in [3.63, 3.8) is 0 Å². The number of pyridine rings is 1. The number of imidazole rings is 1. The van der Waals surface area contributed by atoms with Crippen molar-refractivity contribution < 1.29 is 4.74 Å². The van der Waals surface area contributed by atoms with Crippen LogP contribution in [0.25, 0.3) is 16.9 Å². The first-order valence-corrected chi connectivity index (χ1v) is 6.77. The van der Waals surface area contributed by atoms with Crippen molar-refractivity contribution in [3.05, 3.63) is 52.8 Å². The Hall–Kier alpha value is -1.81. The number of aromatic nitrogens is 2. The third-order valence-corrected chi connectivity index (χ3v) is 3.82. The van der Waals surface area contributed by atoms with E-state index in [0.29, 0.717) is 0 Å². The molecule has 0 amide bonds. The van der Waals surface area contributed by atoms with Crippen LogP contribution in [0.3, 0.4) is 0 Å². The molecule has 0 N–H and O–H groups in total. The predicted molar refractivity (Wildman–Crippen MR) is 79.6 cm³/mol. The number of methoxy groups -OCH3 is 1. The minimum atomic E-state index is 0.831. The normalized spacial score (nSPS) is 10.9. The molecule has 0 spiro atoms. The van der Waals surface area contributed by atoms with E-state index in [1.54, 1.807) is 7.11 Å². The first-order valence-electron chi connectivity index (χ1n) is 5.97. The maximum Gasteiger partial charge on any atom is 0.138 e. The Bertz CT molecular complexity index is 749. The molecule has 0 aliphatic carbocycles. The van der Waals surface area contributed by atoms with Gasteiger partial charge in [0.2, 0.25) is 0 Å². The molecule has 4 heteroatoms. The van der Waals surface area contributed by atoms with Gasteiger partial charge in [-0.1, -0.05) is 12.1 Å². The SMILES string of the molecule is COc1cccc(-c2nc3cc(C)ccn3c2Br)c1. The molecule has 0 saturated carbocycles. The van der Waals surface area contributed by atoms with Crippen molar-refractivity contribution in [2.75, 3.05) is 7.11 Å². The van der Waals surface area contributed by atoms with Crippen molar-refractivity contribution in [3.8, 4) is 17.0 Å². The molecule has 0 fully saturated rings. The van der Waals surface area contributed by atoms with Gasteiger partial charge in [-0.05, 0) is 52.7 Å². The van der Waals surface area contributed by atoms with Crippen molar-refractivity contribution in [1.82, 2.24) is 9.38 Å². The summed E-state index contributed by atoms with van der Waals surface area (Å²) in [5, 5.41) is 0. The van der Waals surface area contributed by atoms with Gasteiger partial charge in [-0.3, -0.25) is 4.40 Å². The minimum absolute atomic E-state index is 0.831. The third kappa shape index (κ3) is 2.12. The molecule has 0 unspecified atom stereocenters. The molecule has 0 saturated heterocycles. The summed E-state index contributed by atoms with van der Waals surface area (Å²) in [5.41, 5.74) is 4.09. The van der Waals surface area contributed by atoms with Crippen LogP contribution in [0.2, 0.25) is 0 Å². The maximum atomic E-state index is 5.26. The Kier molecular flexibility index (Phi) is 3.03. The van der Waals surface area contributed by atoms with Crippen molar-refractivity contribution in [1.29, 1.82) is 0 Å². The third-order valence-electron chi connectivity index (χ3n) is 3.07. The number of aryl methyl sites for hydroxylation is 1. The summed E-state index contributed by atoms with van der Waals surface area (Å²) in [6.45, 7) is 2.06. The molecule has 19 heavy (non-hydrogen) atoms. The van der Waals surface area contributed by atoms with E-state index in [1.165, 1.54) is 5.56 Å². The van der Waals surface area contributed by atoms with E-state index >= 15 is 0 Å². The molecule has 1 aromatic carbocycles. The molecule has 2 heterocycles. The quantitative estimate of drug-likeness (QED) is 0.712. The summed E-state index contributed by atoms with van der Waals surface area (Å²) in [5.74, 6) is 0.831. The second-order valence-electron chi connectivity index (χ2n) is 4.42. The Morgan fingerprint density at radius 1 is 1.21 bits per heavy atom. The molecule has 0 aliphatic heterocycles. The van der Waals surface area contributed by atoms with Gasteiger partial charge in [-0.2, -0.15) is 0 Å². The van der Waals surface area contributed by atoms with Gasteiger partial charge in [-0.25, -0.2) is 4.98 Å². The van der Waals surface area contributed by atoms with Gasteiger partial charge in [0.1, 0.15) is 21.7 Å². The van der Waals surface area contributed by atoms with Crippen molar-refractivity contribution in [2.24, 2.45) is 0 Å². The molecule has 0 atom stereocenters. The fraction of sp³-hybridized carbons (Fsp3) is 0.133. The van der Waals surface area contributed by atoms with Crippen LogP contribution >= 0.6 is 15.9 Å². The van der Waals surface area contributed by atoms with Gasteiger partial charge in [0, 0.05) is 11.8 Å². The van der Waals surface area contributed by atoms with E-state index in [4.69, 9.17) is 4.74 Å². The summed E-state index contributed by atoms with van der Waals surface area (Å²) < 4.78 is 8.24. The van der Waals surface area contributed by atoms with E-state index in [9.17, 15) is 0 Å². The fourth-order valence-electron chi connectivity index (χ4n) is 2.07. The number of halogens is 1. The first-order chi connectivity index (χ1) is 9.19. The van der Waals surface area contributed by atoms with Crippen LogP contribution in [-0.2, 0) is 0 Å². The average molecular weight is 317 g/mol. The molecule has 3 nitrogen and oxygen atoms in total. The number of benzene rings is 1. The molecular formula is C15H13BrN2O. The highest BCUT2D eigenvalue weighted by Gasteiger charge is 2.12. The highest BCUT2D eigenvalue weighted by Crippen LogP contribution is 2.30. The van der Waals surface area contributed by atoms with Crippen molar-refractivity contribution in [2.45, 2.75) is 6.92 Å². The molecule has 2 aromatic heterocycles. The molecule has 3 rings (SSSR count). The predicted octanol–water partition coefficient (Wildman–Crippen LogP) is 4.08. The lowest BCUT2D eigenvalue weighted by Crippen LogP contribution is -1.85. The Morgan fingerprint density at radius 3 is 2.84 bits per heavy atom. The number of ether oxygens (including phenoxy) is 1. The Labute approximate surface area is 120 Å². The lowest BCUT2D eigenvalue weighted by molar-refractivity contribution is 0.415. The molecule has 0 radical (unpaired) electrons. The first kappa shape index (κ1) is 12.2. The highest BCUT2D eigenvalue weighted by atomic mass is 79.9. The summed E-state index contributed by atoms with van der Waals surface area (Å²) in [6.07, 6.45) is 2.02. The van der Waals surface area contributed by atoms with Gasteiger partial charge in [0.05, 0.1) is 7.11 Å². The minimum Gasteiger partial charge on any atom is -0.497 e. The molecule has 0 aliphatic rings. The Morgan fingerprint density at radius 2 is 2.05 bits per heavy atom. The smallest absolute Gasteiger partial charge is 0.138 e. The number of nitrogens with zero attached hydrogens (tertiary/aromatic N) is 2. The zero-order valence-corrected chi connectivity index (χ0v) is 12.3. The number of rotatable bonds is 2. The summed E-state index contributed by atoms with van der Waals surface area (Å²) >= 11 is 3.62. The van der Waals surface area contributed by atoms with Gasteiger partial charge in [-0.15, -0.1) is 0 Å². The monoisotopic (exact) mass is 316 g/mol. The van der Waals surface area contributed by atoms with Crippen LogP contribution in [0.5, 0.6) is 5.75 Å². The summed E-state index contributed by atoms with van der Waals surface area (Å²) in [6, 6.07) is 12.0. The van der Waals surface area contributed by atoms with Crippen molar-refractivity contribution >= 4 is 21.6 Å². The largest absolute Gasteiger partial charge is 0.497 e. The van der Waals surface area contributed by atoms with Gasteiger partial charge in [0.25, 0.3) is 0 Å². The average Bonchev–Trinajstić information content (AvgIpc) is 2.75. The van der Waals surface area contributed by atoms with E-state index < -0.39 is 0 Å². The lowest BCUT2D eigenvalue weighted by atomic mass is 10.1. The standard InChI is InChI=1S/C15H13BrN2O/c1-10-6-7-18-13(8-10)17-14(15(18)16)11-4-3-5-12(9-11)19-2/h3-9H,1-2H3. The topological polar surface area (TPSA) is 26.5 Å². The number of fused-ring (bicyclic) bond motifs is 1. The lowest BCUT2D eigenvalue weighted by Gasteiger charge is -2.02. The van der Waals surface area contributed by atoms with Crippen LogP contribution in [0.4, 0.5) is 0 Å². The molecule has 96 valence electrons. The van der Waals surface area contributed by atoms with Gasteiger partial charge >= 0.3 is 0 Å². The maximum absolute atomic E-state index is 5.26. The van der Waals surface area contributed by atoms with Gasteiger partial charge in [0.15, 0.2) is 0 Å². The zero-order valence-electron chi connectivity index (χ0n) is 10.7. The molecule has 3 aromatic rings. The second kappa shape index (κ2) is 4.70.